The molecule has 1 atom stereocenters. The second-order valence-electron chi connectivity index (χ2n) is 5.31. The van der Waals surface area contributed by atoms with E-state index in [9.17, 15) is 0 Å². The van der Waals surface area contributed by atoms with Crippen LogP contribution in [0.15, 0.2) is 59.9 Å². The fourth-order valence-electron chi connectivity index (χ4n) is 2.25. The first-order valence-corrected chi connectivity index (χ1v) is 7.23. The van der Waals surface area contributed by atoms with Gasteiger partial charge in [0.25, 0.3) is 0 Å². The molecule has 1 N–H and O–H groups in total. The first-order chi connectivity index (χ1) is 9.15. The zero-order chi connectivity index (χ0) is 14.1. The molecule has 0 aromatic rings. The molecule has 19 heavy (non-hydrogen) atoms. The predicted octanol–water partition coefficient (Wildman–Crippen LogP) is 4.91. The van der Waals surface area contributed by atoms with Gasteiger partial charge in [-0.1, -0.05) is 50.3 Å². The van der Waals surface area contributed by atoms with Crippen LogP contribution in [-0.2, 0) is 0 Å². The van der Waals surface area contributed by atoms with E-state index in [1.165, 1.54) is 24.0 Å². The standard InChI is InChI=1S/C12H15N.C6H12/c1-10-6-2-3-7-11(10)12-8-4-5-9-13-12;1-4-5-6(2)3/h2,4-6,8-9,12-13H,3,7H2,1H3;4-6H,1-3H3. The minimum absolute atomic E-state index is 0.426. The van der Waals surface area contributed by atoms with Crippen molar-refractivity contribution in [2.45, 2.75) is 46.6 Å². The Labute approximate surface area is 118 Å². The van der Waals surface area contributed by atoms with Gasteiger partial charge in [-0.25, -0.2) is 0 Å². The number of rotatable bonds is 2. The van der Waals surface area contributed by atoms with Crippen LogP contribution in [0.3, 0.4) is 0 Å². The minimum atomic E-state index is 0.426. The highest BCUT2D eigenvalue weighted by Gasteiger charge is 2.13. The first-order valence-electron chi connectivity index (χ1n) is 7.23. The summed E-state index contributed by atoms with van der Waals surface area (Å²) in [7, 11) is 0. The molecule has 0 radical (unpaired) electrons. The molecule has 0 saturated carbocycles. The minimum Gasteiger partial charge on any atom is -0.381 e. The van der Waals surface area contributed by atoms with Gasteiger partial charge >= 0.3 is 0 Å². The summed E-state index contributed by atoms with van der Waals surface area (Å²) in [6, 6.07) is 0.426. The molecular weight excluding hydrogens is 230 g/mol. The Morgan fingerprint density at radius 2 is 2.11 bits per heavy atom. The molecule has 1 nitrogen and oxygen atoms in total. The Balaban J connectivity index is 0.000000258. The predicted molar refractivity (Wildman–Crippen MR) is 85.9 cm³/mol. The van der Waals surface area contributed by atoms with Gasteiger partial charge in [-0.05, 0) is 56.0 Å². The second kappa shape index (κ2) is 8.58. The molecule has 1 heteroatoms. The summed E-state index contributed by atoms with van der Waals surface area (Å²) < 4.78 is 0. The van der Waals surface area contributed by atoms with Gasteiger partial charge in [0, 0.05) is 0 Å². The zero-order valence-electron chi connectivity index (χ0n) is 12.7. The van der Waals surface area contributed by atoms with Crippen LogP contribution < -0.4 is 5.32 Å². The van der Waals surface area contributed by atoms with E-state index in [1.54, 1.807) is 0 Å². The lowest BCUT2D eigenvalue weighted by Gasteiger charge is -2.23. The van der Waals surface area contributed by atoms with Gasteiger partial charge in [-0.3, -0.25) is 0 Å². The number of allylic oxidation sites excluding steroid dienone is 7. The molecule has 1 aliphatic heterocycles. The van der Waals surface area contributed by atoms with Crippen LogP contribution in [0, 0.1) is 5.92 Å². The molecule has 1 unspecified atom stereocenters. The molecule has 0 aromatic carbocycles. The summed E-state index contributed by atoms with van der Waals surface area (Å²) in [6.45, 7) is 8.57. The maximum atomic E-state index is 3.36. The largest absolute Gasteiger partial charge is 0.381 e. The third-order valence-electron chi connectivity index (χ3n) is 3.19. The van der Waals surface area contributed by atoms with Crippen LogP contribution in [-0.4, -0.2) is 6.04 Å². The van der Waals surface area contributed by atoms with Crippen molar-refractivity contribution >= 4 is 0 Å². The van der Waals surface area contributed by atoms with Gasteiger partial charge in [0.05, 0.1) is 6.04 Å². The van der Waals surface area contributed by atoms with E-state index in [0.29, 0.717) is 6.04 Å². The fourth-order valence-corrected chi connectivity index (χ4v) is 2.25. The first kappa shape index (κ1) is 15.6. The van der Waals surface area contributed by atoms with Crippen molar-refractivity contribution in [3.63, 3.8) is 0 Å². The van der Waals surface area contributed by atoms with Crippen molar-refractivity contribution in [1.29, 1.82) is 0 Å². The van der Waals surface area contributed by atoms with Gasteiger partial charge in [0.2, 0.25) is 0 Å². The number of dihydropyridines is 1. The Morgan fingerprint density at radius 1 is 1.32 bits per heavy atom. The Kier molecular flexibility index (Phi) is 7.02. The van der Waals surface area contributed by atoms with E-state index < -0.39 is 0 Å². The van der Waals surface area contributed by atoms with Crippen LogP contribution >= 0.6 is 0 Å². The monoisotopic (exact) mass is 257 g/mol. The molecule has 104 valence electrons. The molecule has 1 heterocycles. The quantitative estimate of drug-likeness (QED) is 0.693. The van der Waals surface area contributed by atoms with Gasteiger partial charge < -0.3 is 5.32 Å². The zero-order valence-corrected chi connectivity index (χ0v) is 12.7. The highest BCUT2D eigenvalue weighted by Crippen LogP contribution is 2.23. The fraction of sp³-hybridized carbons (Fsp3) is 0.444. The van der Waals surface area contributed by atoms with Crippen molar-refractivity contribution in [3.8, 4) is 0 Å². The maximum absolute atomic E-state index is 3.36. The van der Waals surface area contributed by atoms with E-state index in [0.717, 1.165) is 5.92 Å². The molecule has 0 fully saturated rings. The van der Waals surface area contributed by atoms with E-state index in [2.05, 4.69) is 62.5 Å². The van der Waals surface area contributed by atoms with Gasteiger partial charge in [-0.2, -0.15) is 0 Å². The molecule has 0 amide bonds. The average molecular weight is 257 g/mol. The Morgan fingerprint density at radius 3 is 2.58 bits per heavy atom. The molecular formula is C18H27N. The van der Waals surface area contributed by atoms with Gasteiger partial charge in [-0.15, -0.1) is 0 Å². The summed E-state index contributed by atoms with van der Waals surface area (Å²) in [5.74, 6) is 0.718. The van der Waals surface area contributed by atoms with E-state index >= 15 is 0 Å². The summed E-state index contributed by atoms with van der Waals surface area (Å²) in [6.07, 6.45) is 19.5. The van der Waals surface area contributed by atoms with E-state index in [-0.39, 0.29) is 0 Å². The topological polar surface area (TPSA) is 12.0 Å². The molecule has 0 spiro atoms. The normalized spacial score (nSPS) is 21.6. The highest BCUT2D eigenvalue weighted by molar-refractivity contribution is 5.35. The third-order valence-corrected chi connectivity index (χ3v) is 3.19. The molecule has 2 rings (SSSR count). The molecule has 0 aromatic heterocycles. The Bertz CT molecular complexity index is 405. The van der Waals surface area contributed by atoms with Crippen molar-refractivity contribution in [2.75, 3.05) is 0 Å². The number of hydrogen-bond donors (Lipinski definition) is 1. The smallest absolute Gasteiger partial charge is 0.0661 e. The van der Waals surface area contributed by atoms with Crippen LogP contribution in [0.1, 0.15) is 40.5 Å². The second-order valence-corrected chi connectivity index (χ2v) is 5.31. The Hall–Kier alpha value is -1.50. The SMILES string of the molecule is CC1=C(C2C=CC=CN2)CCC=C1.CC=CC(C)C. The van der Waals surface area contributed by atoms with E-state index in [1.807, 2.05) is 19.2 Å². The van der Waals surface area contributed by atoms with Crippen LogP contribution in [0.4, 0.5) is 0 Å². The van der Waals surface area contributed by atoms with Gasteiger partial charge in [0.15, 0.2) is 0 Å². The summed E-state index contributed by atoms with van der Waals surface area (Å²) in [5, 5.41) is 3.36. The van der Waals surface area contributed by atoms with Crippen LogP contribution in [0.2, 0.25) is 0 Å². The van der Waals surface area contributed by atoms with Crippen molar-refractivity contribution < 1.29 is 0 Å². The van der Waals surface area contributed by atoms with Crippen LogP contribution in [0.25, 0.3) is 0 Å². The molecule has 1 aliphatic carbocycles. The van der Waals surface area contributed by atoms with Crippen LogP contribution in [0.5, 0.6) is 0 Å². The number of hydrogen-bond acceptors (Lipinski definition) is 1. The average Bonchev–Trinajstić information content (AvgIpc) is 2.41. The summed E-state index contributed by atoms with van der Waals surface area (Å²) in [5.41, 5.74) is 2.95. The molecule has 0 bridgehead atoms. The summed E-state index contributed by atoms with van der Waals surface area (Å²) >= 11 is 0. The van der Waals surface area contributed by atoms with Gasteiger partial charge in [0.1, 0.15) is 0 Å². The lowest BCUT2D eigenvalue weighted by atomic mass is 9.92. The lowest BCUT2D eigenvalue weighted by Crippen LogP contribution is -2.27. The molecule has 0 saturated heterocycles. The third kappa shape index (κ3) is 5.78. The van der Waals surface area contributed by atoms with Crippen molar-refractivity contribution in [2.24, 2.45) is 5.92 Å². The van der Waals surface area contributed by atoms with Crippen molar-refractivity contribution in [1.82, 2.24) is 5.32 Å². The summed E-state index contributed by atoms with van der Waals surface area (Å²) in [4.78, 5) is 0. The van der Waals surface area contributed by atoms with Crippen molar-refractivity contribution in [3.05, 3.63) is 59.9 Å². The molecule has 2 aliphatic rings. The lowest BCUT2D eigenvalue weighted by molar-refractivity contribution is 0.725. The maximum Gasteiger partial charge on any atom is 0.0661 e. The number of nitrogens with one attached hydrogen (secondary N) is 1. The van der Waals surface area contributed by atoms with E-state index in [4.69, 9.17) is 0 Å². The highest BCUT2D eigenvalue weighted by atomic mass is 14.9.